The highest BCUT2D eigenvalue weighted by Crippen LogP contribution is 2.11. The van der Waals surface area contributed by atoms with Crippen LogP contribution >= 0.6 is 0 Å². The highest BCUT2D eigenvalue weighted by Gasteiger charge is 2.29. The molecule has 0 aliphatic heterocycles. The standard InChI is InChI=1S/2C21H41N3O4.6CH4/c2*1-4-7-10-13-16(22)19(25)23-17(14-11-8-5-2)20(26)24-18(21(27)28)15-12-9-6-3;;;;;;/h2*16-18H,4-15,22H2,1-3H3,(H,23,25)(H,24,26)(H,27,28);6*1H4. The first-order chi connectivity index (χ1) is 26.7. The SMILES string of the molecule is C.C.C.C.C.C.CCCCCC(N)C(=O)NC(CCCCC)C(=O)NC(CCCCC)C(=O)O.CCCCCC(N)C(=O)NC(CCCCC)C(=O)NC(CCCCC)C(=O)O. The zero-order valence-corrected chi connectivity index (χ0v) is 35.9. The number of amides is 4. The predicted octanol–water partition coefficient (Wildman–Crippen LogP) is 10.0. The normalized spacial score (nSPS) is 12.8. The summed E-state index contributed by atoms with van der Waals surface area (Å²) in [6.45, 7) is 12.4. The van der Waals surface area contributed by atoms with Crippen LogP contribution in [0.5, 0.6) is 0 Å². The molecule has 0 bridgehead atoms. The van der Waals surface area contributed by atoms with Crippen LogP contribution in [0.1, 0.15) is 240 Å². The largest absolute Gasteiger partial charge is 0.480 e. The van der Waals surface area contributed by atoms with E-state index in [9.17, 15) is 39.0 Å². The molecule has 0 rings (SSSR count). The van der Waals surface area contributed by atoms with Crippen LogP contribution < -0.4 is 32.7 Å². The Labute approximate surface area is 382 Å². The summed E-state index contributed by atoms with van der Waals surface area (Å²) in [7, 11) is 0. The van der Waals surface area contributed by atoms with E-state index in [4.69, 9.17) is 11.5 Å². The molecule has 0 saturated carbocycles. The van der Waals surface area contributed by atoms with Crippen molar-refractivity contribution in [3.8, 4) is 0 Å². The Morgan fingerprint density at radius 3 is 0.742 bits per heavy atom. The Kier molecular flexibility index (Phi) is 61.8. The highest BCUT2D eigenvalue weighted by atomic mass is 16.4. The van der Waals surface area contributed by atoms with Gasteiger partial charge in [0, 0.05) is 0 Å². The molecule has 0 saturated heterocycles. The minimum atomic E-state index is -1.04. The van der Waals surface area contributed by atoms with Crippen LogP contribution in [0.25, 0.3) is 0 Å². The quantitative estimate of drug-likeness (QED) is 0.0284. The van der Waals surface area contributed by atoms with Gasteiger partial charge in [-0.1, -0.05) is 202 Å². The molecular weight excluding hydrogens is 789 g/mol. The molecular formula is C48H106N6O8. The Balaban J connectivity index is -0.000000143. The number of carbonyl (C=O) groups is 6. The first kappa shape index (κ1) is 76.1. The number of aliphatic carboxylic acids is 2. The summed E-state index contributed by atoms with van der Waals surface area (Å²) in [5.41, 5.74) is 11.9. The molecule has 0 heterocycles. The third-order valence-electron chi connectivity index (χ3n) is 9.79. The van der Waals surface area contributed by atoms with E-state index in [2.05, 4.69) is 49.0 Å². The van der Waals surface area contributed by atoms with Gasteiger partial charge in [-0.2, -0.15) is 0 Å². The predicted molar refractivity (Wildman–Crippen MR) is 264 cm³/mol. The van der Waals surface area contributed by atoms with Crippen molar-refractivity contribution in [1.82, 2.24) is 21.3 Å². The Morgan fingerprint density at radius 2 is 0.532 bits per heavy atom. The molecule has 376 valence electrons. The second-order valence-corrected chi connectivity index (χ2v) is 15.1. The number of rotatable bonds is 34. The van der Waals surface area contributed by atoms with Crippen LogP contribution in [0.3, 0.4) is 0 Å². The zero-order valence-electron chi connectivity index (χ0n) is 35.9. The number of unbranched alkanes of at least 4 members (excludes halogenated alkanes) is 12. The monoisotopic (exact) mass is 895 g/mol. The lowest BCUT2D eigenvalue weighted by atomic mass is 10.0. The van der Waals surface area contributed by atoms with Crippen LogP contribution in [-0.2, 0) is 28.8 Å². The number of hydrogen-bond acceptors (Lipinski definition) is 8. The maximum atomic E-state index is 12.7. The van der Waals surface area contributed by atoms with Gasteiger partial charge in [0.15, 0.2) is 0 Å². The molecule has 0 fully saturated rings. The molecule has 62 heavy (non-hydrogen) atoms. The molecule has 0 aromatic rings. The van der Waals surface area contributed by atoms with Gasteiger partial charge in [-0.25, -0.2) is 9.59 Å². The van der Waals surface area contributed by atoms with Crippen molar-refractivity contribution in [2.24, 2.45) is 11.5 Å². The van der Waals surface area contributed by atoms with Gasteiger partial charge in [-0.05, 0) is 38.5 Å². The first-order valence-corrected chi connectivity index (χ1v) is 21.9. The van der Waals surface area contributed by atoms with Crippen molar-refractivity contribution in [3.05, 3.63) is 0 Å². The molecule has 0 aromatic heterocycles. The fourth-order valence-corrected chi connectivity index (χ4v) is 6.04. The lowest BCUT2D eigenvalue weighted by Crippen LogP contribution is -2.54. The Bertz CT molecular complexity index is 998. The fourth-order valence-electron chi connectivity index (χ4n) is 6.04. The van der Waals surface area contributed by atoms with Crippen LogP contribution in [0.2, 0.25) is 0 Å². The molecule has 0 spiro atoms. The Hall–Kier alpha value is -3.26. The van der Waals surface area contributed by atoms with Crippen molar-refractivity contribution >= 4 is 35.6 Å². The van der Waals surface area contributed by atoms with Gasteiger partial charge < -0.3 is 42.9 Å². The van der Waals surface area contributed by atoms with E-state index in [1.54, 1.807) is 0 Å². The van der Waals surface area contributed by atoms with Crippen molar-refractivity contribution in [3.63, 3.8) is 0 Å². The van der Waals surface area contributed by atoms with Crippen molar-refractivity contribution < 1.29 is 39.0 Å². The molecule has 6 atom stereocenters. The number of carboxylic acid groups (broad SMARTS) is 2. The highest BCUT2D eigenvalue weighted by molar-refractivity contribution is 5.92. The molecule has 14 nitrogen and oxygen atoms in total. The number of nitrogens with two attached hydrogens (primary N) is 2. The fraction of sp³-hybridized carbons (Fsp3) is 0.875. The summed E-state index contributed by atoms with van der Waals surface area (Å²) in [6.07, 6.45) is 19.5. The average Bonchev–Trinajstić information content (AvgIpc) is 3.16. The minimum absolute atomic E-state index is 0. The maximum Gasteiger partial charge on any atom is 0.326 e. The second-order valence-electron chi connectivity index (χ2n) is 15.1. The summed E-state index contributed by atoms with van der Waals surface area (Å²) in [4.78, 5) is 73.0. The lowest BCUT2D eigenvalue weighted by molar-refractivity contribution is -0.143. The number of carbonyl (C=O) groups excluding carboxylic acids is 4. The Morgan fingerprint density at radius 1 is 0.339 bits per heavy atom. The number of carboxylic acids is 2. The van der Waals surface area contributed by atoms with Gasteiger partial charge in [0.2, 0.25) is 23.6 Å². The van der Waals surface area contributed by atoms with E-state index in [1.165, 1.54) is 0 Å². The molecule has 6 unspecified atom stereocenters. The van der Waals surface area contributed by atoms with Crippen molar-refractivity contribution in [2.45, 2.75) is 276 Å². The third kappa shape index (κ3) is 39.6. The zero-order chi connectivity index (χ0) is 42.7. The van der Waals surface area contributed by atoms with Gasteiger partial charge in [0.25, 0.3) is 0 Å². The molecule has 4 amide bonds. The summed E-state index contributed by atoms with van der Waals surface area (Å²) in [6, 6.07) is -4.64. The van der Waals surface area contributed by atoms with E-state index in [0.717, 1.165) is 116 Å². The summed E-state index contributed by atoms with van der Waals surface area (Å²) < 4.78 is 0. The first-order valence-electron chi connectivity index (χ1n) is 21.9. The third-order valence-corrected chi connectivity index (χ3v) is 9.79. The van der Waals surface area contributed by atoms with E-state index in [0.29, 0.717) is 38.5 Å². The van der Waals surface area contributed by atoms with Gasteiger partial charge in [0.05, 0.1) is 12.1 Å². The topological polar surface area (TPSA) is 243 Å². The van der Waals surface area contributed by atoms with Gasteiger partial charge >= 0.3 is 11.9 Å². The molecule has 10 N–H and O–H groups in total. The second kappa shape index (κ2) is 50.4. The summed E-state index contributed by atoms with van der Waals surface area (Å²) in [5, 5.41) is 29.5. The number of hydrogen-bond donors (Lipinski definition) is 8. The van der Waals surface area contributed by atoms with Gasteiger partial charge in [0.1, 0.15) is 24.2 Å². The smallest absolute Gasteiger partial charge is 0.326 e. The van der Waals surface area contributed by atoms with E-state index < -0.39 is 60.0 Å². The lowest BCUT2D eigenvalue weighted by Gasteiger charge is -2.23. The molecule has 0 aliphatic rings. The van der Waals surface area contributed by atoms with Crippen LogP contribution in [0.4, 0.5) is 0 Å². The van der Waals surface area contributed by atoms with Crippen LogP contribution in [0, 0.1) is 0 Å². The average molecular weight is 895 g/mol. The molecule has 0 aliphatic carbocycles. The summed E-state index contributed by atoms with van der Waals surface area (Å²) in [5.74, 6) is -3.64. The molecule has 14 heteroatoms. The van der Waals surface area contributed by atoms with Crippen molar-refractivity contribution in [1.29, 1.82) is 0 Å². The van der Waals surface area contributed by atoms with Crippen molar-refractivity contribution in [2.75, 3.05) is 0 Å². The van der Waals surface area contributed by atoms with Crippen LogP contribution in [0.15, 0.2) is 0 Å². The van der Waals surface area contributed by atoms with Gasteiger partial charge in [-0.3, -0.25) is 19.2 Å². The number of nitrogens with one attached hydrogen (secondary N) is 4. The minimum Gasteiger partial charge on any atom is -0.480 e. The van der Waals surface area contributed by atoms with Crippen LogP contribution in [-0.4, -0.2) is 82.0 Å². The van der Waals surface area contributed by atoms with E-state index in [1.807, 2.05) is 13.8 Å². The summed E-state index contributed by atoms with van der Waals surface area (Å²) >= 11 is 0. The van der Waals surface area contributed by atoms with Gasteiger partial charge in [-0.15, -0.1) is 0 Å². The van der Waals surface area contributed by atoms with E-state index >= 15 is 0 Å². The molecule has 0 radical (unpaired) electrons. The molecule has 0 aromatic carbocycles. The maximum absolute atomic E-state index is 12.7. The van der Waals surface area contributed by atoms with E-state index in [-0.39, 0.29) is 56.4 Å².